The number of hydrogen-bond acceptors (Lipinski definition) is 6. The van der Waals surface area contributed by atoms with Crippen molar-refractivity contribution in [2.45, 2.75) is 24.3 Å². The van der Waals surface area contributed by atoms with E-state index in [1.54, 1.807) is 6.07 Å². The number of rotatable bonds is 5. The molecule has 0 spiro atoms. The summed E-state index contributed by atoms with van der Waals surface area (Å²) in [5.74, 6) is -0.0931. The predicted molar refractivity (Wildman–Crippen MR) is 80.4 cm³/mol. The molecular weight excluding hydrogens is 314 g/mol. The Hall–Kier alpha value is -1.19. The van der Waals surface area contributed by atoms with Gasteiger partial charge in [-0.2, -0.15) is 4.31 Å². The first kappa shape index (κ1) is 16.2. The van der Waals surface area contributed by atoms with E-state index in [2.05, 4.69) is 10.3 Å². The van der Waals surface area contributed by atoms with E-state index in [1.165, 1.54) is 19.4 Å². The second-order valence-electron chi connectivity index (χ2n) is 4.98. The molecule has 0 saturated carbocycles. The summed E-state index contributed by atoms with van der Waals surface area (Å²) in [7, 11) is -5.50. The minimum atomic E-state index is -3.78. The molecule has 1 aliphatic heterocycles. The van der Waals surface area contributed by atoms with Crippen molar-refractivity contribution in [3.8, 4) is 0 Å². The summed E-state index contributed by atoms with van der Waals surface area (Å²) in [6.45, 7) is 2.44. The molecular formula is C12H19N3O4S2. The number of nitrogens with zero attached hydrogens (tertiary/aromatic N) is 2. The Morgan fingerprint density at radius 3 is 2.76 bits per heavy atom. The van der Waals surface area contributed by atoms with E-state index >= 15 is 0 Å². The Morgan fingerprint density at radius 1 is 1.48 bits per heavy atom. The third-order valence-electron chi connectivity index (χ3n) is 3.53. The minimum absolute atomic E-state index is 0.0324. The van der Waals surface area contributed by atoms with E-state index in [0.717, 1.165) is 4.31 Å². The zero-order valence-electron chi connectivity index (χ0n) is 12.0. The SMILES string of the molecule is CCNc1ccncc1S(=O)(=O)N(C)C1CCS(=O)(=O)C1. The molecule has 118 valence electrons. The topological polar surface area (TPSA) is 96.4 Å². The molecule has 9 heteroatoms. The quantitative estimate of drug-likeness (QED) is 0.834. The van der Waals surface area contributed by atoms with Crippen LogP contribution in [-0.4, -0.2) is 57.3 Å². The highest BCUT2D eigenvalue weighted by Gasteiger charge is 2.37. The summed E-state index contributed by atoms with van der Waals surface area (Å²) < 4.78 is 49.6. The highest BCUT2D eigenvalue weighted by molar-refractivity contribution is 7.92. The molecule has 0 radical (unpaired) electrons. The average molecular weight is 333 g/mol. The van der Waals surface area contributed by atoms with Gasteiger partial charge in [-0.05, 0) is 19.4 Å². The fourth-order valence-corrected chi connectivity index (χ4v) is 5.70. The standard InChI is InChI=1S/C12H19N3O4S2/c1-3-14-11-4-6-13-8-12(11)21(18,19)15(2)10-5-7-20(16,17)9-10/h4,6,8,10H,3,5,7,9H2,1-2H3,(H,13,14). The molecule has 0 aromatic carbocycles. The molecule has 21 heavy (non-hydrogen) atoms. The molecule has 1 atom stereocenters. The van der Waals surface area contributed by atoms with Crippen LogP contribution in [-0.2, 0) is 19.9 Å². The molecule has 1 aliphatic rings. The van der Waals surface area contributed by atoms with E-state index in [1.807, 2.05) is 6.92 Å². The molecule has 1 fully saturated rings. The lowest BCUT2D eigenvalue weighted by Crippen LogP contribution is -2.38. The van der Waals surface area contributed by atoms with Crippen LogP contribution in [0.3, 0.4) is 0 Å². The molecule has 1 unspecified atom stereocenters. The van der Waals surface area contributed by atoms with Crippen molar-refractivity contribution in [3.05, 3.63) is 18.5 Å². The van der Waals surface area contributed by atoms with E-state index in [9.17, 15) is 16.8 Å². The Morgan fingerprint density at radius 2 is 2.19 bits per heavy atom. The lowest BCUT2D eigenvalue weighted by Gasteiger charge is -2.23. The lowest BCUT2D eigenvalue weighted by atomic mass is 10.3. The van der Waals surface area contributed by atoms with Gasteiger partial charge in [-0.15, -0.1) is 0 Å². The maximum Gasteiger partial charge on any atom is 0.246 e. The van der Waals surface area contributed by atoms with Gasteiger partial charge in [-0.25, -0.2) is 16.8 Å². The van der Waals surface area contributed by atoms with E-state index in [4.69, 9.17) is 0 Å². The van der Waals surface area contributed by atoms with Gasteiger partial charge < -0.3 is 5.32 Å². The molecule has 0 aliphatic carbocycles. The normalized spacial score (nSPS) is 21.6. The number of sulfone groups is 1. The molecule has 0 bridgehead atoms. The van der Waals surface area contributed by atoms with Gasteiger partial charge >= 0.3 is 0 Å². The molecule has 1 aromatic heterocycles. The average Bonchev–Trinajstić information content (AvgIpc) is 2.79. The van der Waals surface area contributed by atoms with Gasteiger partial charge in [-0.1, -0.05) is 0 Å². The highest BCUT2D eigenvalue weighted by atomic mass is 32.2. The Balaban J connectivity index is 2.34. The fraction of sp³-hybridized carbons (Fsp3) is 0.583. The van der Waals surface area contributed by atoms with Crippen LogP contribution in [0, 0.1) is 0 Å². The van der Waals surface area contributed by atoms with Crippen molar-refractivity contribution in [3.63, 3.8) is 0 Å². The maximum atomic E-state index is 12.7. The summed E-state index contributed by atoms with van der Waals surface area (Å²) in [6.07, 6.45) is 3.12. The van der Waals surface area contributed by atoms with Gasteiger partial charge in [0.05, 0.1) is 17.2 Å². The second kappa shape index (κ2) is 5.90. The fourth-order valence-electron chi connectivity index (χ4n) is 2.34. The summed E-state index contributed by atoms with van der Waals surface area (Å²) in [4.78, 5) is 3.94. The third kappa shape index (κ3) is 3.35. The van der Waals surface area contributed by atoms with E-state index < -0.39 is 25.9 Å². The van der Waals surface area contributed by atoms with Gasteiger partial charge in [0.1, 0.15) is 4.90 Å². The molecule has 1 saturated heterocycles. The van der Waals surface area contributed by atoms with Crippen molar-refractivity contribution < 1.29 is 16.8 Å². The van der Waals surface area contributed by atoms with Crippen LogP contribution >= 0.6 is 0 Å². The van der Waals surface area contributed by atoms with E-state index in [-0.39, 0.29) is 16.4 Å². The molecule has 2 heterocycles. The minimum Gasteiger partial charge on any atom is -0.384 e. The van der Waals surface area contributed by atoms with E-state index in [0.29, 0.717) is 18.7 Å². The first-order valence-electron chi connectivity index (χ1n) is 6.64. The Bertz CT molecular complexity index is 716. The van der Waals surface area contributed by atoms with Crippen molar-refractivity contribution >= 4 is 25.5 Å². The van der Waals surface area contributed by atoms with Gasteiger partial charge in [0, 0.05) is 32.0 Å². The smallest absolute Gasteiger partial charge is 0.246 e. The lowest BCUT2D eigenvalue weighted by molar-refractivity contribution is 0.394. The monoisotopic (exact) mass is 333 g/mol. The van der Waals surface area contributed by atoms with Crippen molar-refractivity contribution in [1.82, 2.24) is 9.29 Å². The third-order valence-corrected chi connectivity index (χ3v) is 7.22. The Kier molecular flexibility index (Phi) is 4.54. The van der Waals surface area contributed by atoms with Crippen LogP contribution in [0.4, 0.5) is 5.69 Å². The Labute approximate surface area is 125 Å². The summed E-state index contributed by atoms with van der Waals surface area (Å²) in [5.41, 5.74) is 0.472. The number of pyridine rings is 1. The number of anilines is 1. The number of nitrogens with one attached hydrogen (secondary N) is 1. The van der Waals surface area contributed by atoms with Crippen molar-refractivity contribution in [2.24, 2.45) is 0 Å². The molecule has 0 amide bonds. The van der Waals surface area contributed by atoms with Crippen molar-refractivity contribution in [1.29, 1.82) is 0 Å². The summed E-state index contributed by atoms with van der Waals surface area (Å²) >= 11 is 0. The van der Waals surface area contributed by atoms with Crippen LogP contribution in [0.2, 0.25) is 0 Å². The van der Waals surface area contributed by atoms with Gasteiger partial charge in [0.2, 0.25) is 10.0 Å². The first-order chi connectivity index (χ1) is 9.78. The number of sulfonamides is 1. The molecule has 1 N–H and O–H groups in total. The van der Waals surface area contributed by atoms with Crippen LogP contribution in [0.25, 0.3) is 0 Å². The highest BCUT2D eigenvalue weighted by Crippen LogP contribution is 2.27. The largest absolute Gasteiger partial charge is 0.384 e. The first-order valence-corrected chi connectivity index (χ1v) is 9.90. The maximum absolute atomic E-state index is 12.7. The summed E-state index contributed by atoms with van der Waals surface area (Å²) in [5, 5.41) is 2.98. The van der Waals surface area contributed by atoms with Crippen LogP contribution < -0.4 is 5.32 Å². The van der Waals surface area contributed by atoms with Gasteiger partial charge in [0.25, 0.3) is 0 Å². The second-order valence-corrected chi connectivity index (χ2v) is 9.17. The van der Waals surface area contributed by atoms with Crippen molar-refractivity contribution in [2.75, 3.05) is 30.4 Å². The zero-order valence-corrected chi connectivity index (χ0v) is 13.6. The number of aromatic nitrogens is 1. The predicted octanol–water partition coefficient (Wildman–Crippen LogP) is 0.321. The van der Waals surface area contributed by atoms with Crippen LogP contribution in [0.5, 0.6) is 0 Å². The molecule has 2 rings (SSSR count). The van der Waals surface area contributed by atoms with Gasteiger partial charge in [-0.3, -0.25) is 4.98 Å². The zero-order chi connectivity index (χ0) is 15.7. The summed E-state index contributed by atoms with van der Waals surface area (Å²) in [6, 6.07) is 1.07. The molecule has 1 aromatic rings. The van der Waals surface area contributed by atoms with Crippen LogP contribution in [0.1, 0.15) is 13.3 Å². The molecule has 7 nitrogen and oxygen atoms in total. The number of hydrogen-bond donors (Lipinski definition) is 1. The van der Waals surface area contributed by atoms with Gasteiger partial charge in [0.15, 0.2) is 9.84 Å². The van der Waals surface area contributed by atoms with Crippen LogP contribution in [0.15, 0.2) is 23.4 Å².